The van der Waals surface area contributed by atoms with E-state index in [1.165, 1.54) is 4.52 Å². The van der Waals surface area contributed by atoms with E-state index in [-0.39, 0.29) is 17.3 Å². The zero-order valence-electron chi connectivity index (χ0n) is 20.7. The van der Waals surface area contributed by atoms with Gasteiger partial charge in [-0.15, -0.1) is 5.10 Å². The lowest BCUT2D eigenvalue weighted by Crippen LogP contribution is -2.28. The number of anilines is 1. The van der Waals surface area contributed by atoms with Crippen LogP contribution in [-0.4, -0.2) is 39.7 Å². The van der Waals surface area contributed by atoms with Crippen LogP contribution in [-0.2, 0) is 7.05 Å². The molecule has 0 saturated carbocycles. The zero-order valence-corrected chi connectivity index (χ0v) is 20.7. The van der Waals surface area contributed by atoms with E-state index in [1.54, 1.807) is 29.3 Å². The number of carbonyl (C=O) groups excluding carboxylic acids is 1. The second-order valence-electron chi connectivity index (χ2n) is 8.81. The Morgan fingerprint density at radius 3 is 2.71 bits per heavy atom. The molecular formula is C28H23N9O. The van der Waals surface area contributed by atoms with Crippen LogP contribution in [0.3, 0.4) is 0 Å². The van der Waals surface area contributed by atoms with Gasteiger partial charge in [0, 0.05) is 31.2 Å². The van der Waals surface area contributed by atoms with Crippen LogP contribution >= 0.6 is 0 Å². The van der Waals surface area contributed by atoms with E-state index in [4.69, 9.17) is 10.7 Å². The summed E-state index contributed by atoms with van der Waals surface area (Å²) >= 11 is 0. The minimum atomic E-state index is -0.463. The van der Waals surface area contributed by atoms with Crippen molar-refractivity contribution < 1.29 is 4.79 Å². The Kier molecular flexibility index (Phi) is 5.58. The number of nitrogens with one attached hydrogen (secondary N) is 1. The van der Waals surface area contributed by atoms with Crippen molar-refractivity contribution in [3.8, 4) is 23.1 Å². The summed E-state index contributed by atoms with van der Waals surface area (Å²) in [6.07, 6.45) is 6.88. The lowest BCUT2D eigenvalue weighted by molar-refractivity contribution is 0.0941. The van der Waals surface area contributed by atoms with Crippen molar-refractivity contribution in [2.75, 3.05) is 5.73 Å². The summed E-state index contributed by atoms with van der Waals surface area (Å²) in [4.78, 5) is 22.6. The average molecular weight is 502 g/mol. The number of nitrogens with two attached hydrogens (primary N) is 1. The Hall–Kier alpha value is -5.43. The standard InChI is InChI=1S/C28H23N9O/c1-18(32-28(38)23-26(29)34-36-15-7-14-30-27(23)36)24-25(20-8-4-3-5-9-20)37-21(10-6-11-22(37)33-24)13-12-19-16-31-35(2)17-19/h3-11,14-18H,1-2H3,(H2,29,34)(H,32,38). The summed E-state index contributed by atoms with van der Waals surface area (Å²) in [6, 6.07) is 17.0. The first-order valence-electron chi connectivity index (χ1n) is 12.0. The van der Waals surface area contributed by atoms with E-state index in [1.807, 2.05) is 73.1 Å². The van der Waals surface area contributed by atoms with Crippen LogP contribution in [0.4, 0.5) is 5.82 Å². The average Bonchev–Trinajstić information content (AvgIpc) is 3.62. The van der Waals surface area contributed by atoms with Crippen LogP contribution < -0.4 is 11.1 Å². The highest BCUT2D eigenvalue weighted by Gasteiger charge is 2.25. The van der Waals surface area contributed by atoms with E-state index in [2.05, 4.69) is 32.3 Å². The molecule has 0 aliphatic carbocycles. The molecule has 6 rings (SSSR count). The fraction of sp³-hybridized carbons (Fsp3) is 0.107. The fourth-order valence-corrected chi connectivity index (χ4v) is 4.46. The molecule has 10 heteroatoms. The van der Waals surface area contributed by atoms with Gasteiger partial charge in [-0.1, -0.05) is 42.3 Å². The summed E-state index contributed by atoms with van der Waals surface area (Å²) in [5, 5.41) is 11.4. The highest BCUT2D eigenvalue weighted by molar-refractivity contribution is 6.04. The molecule has 5 heterocycles. The van der Waals surface area contributed by atoms with E-state index < -0.39 is 6.04 Å². The largest absolute Gasteiger partial charge is 0.381 e. The van der Waals surface area contributed by atoms with Gasteiger partial charge >= 0.3 is 0 Å². The Bertz CT molecular complexity index is 1870. The second-order valence-corrected chi connectivity index (χ2v) is 8.81. The third-order valence-corrected chi connectivity index (χ3v) is 6.16. The van der Waals surface area contributed by atoms with E-state index in [0.29, 0.717) is 11.3 Å². The van der Waals surface area contributed by atoms with Crippen molar-refractivity contribution >= 4 is 23.0 Å². The van der Waals surface area contributed by atoms with Crippen molar-refractivity contribution in [2.45, 2.75) is 13.0 Å². The molecule has 1 atom stereocenters. The molecule has 186 valence electrons. The van der Waals surface area contributed by atoms with Gasteiger partial charge in [-0.2, -0.15) is 5.10 Å². The first-order chi connectivity index (χ1) is 18.5. The normalized spacial score (nSPS) is 11.8. The Labute approximate surface area is 217 Å². The highest BCUT2D eigenvalue weighted by Crippen LogP contribution is 2.31. The number of benzene rings is 1. The van der Waals surface area contributed by atoms with Crippen molar-refractivity contribution in [3.63, 3.8) is 0 Å². The summed E-state index contributed by atoms with van der Waals surface area (Å²) in [5.74, 6) is 6.18. The molecule has 5 aromatic heterocycles. The molecule has 38 heavy (non-hydrogen) atoms. The van der Waals surface area contributed by atoms with Gasteiger partial charge in [-0.3, -0.25) is 13.9 Å². The Morgan fingerprint density at radius 2 is 1.92 bits per heavy atom. The first kappa shape index (κ1) is 23.0. The summed E-state index contributed by atoms with van der Waals surface area (Å²) in [7, 11) is 1.86. The van der Waals surface area contributed by atoms with Gasteiger partial charge in [0.25, 0.3) is 5.91 Å². The van der Waals surface area contributed by atoms with Gasteiger partial charge in [-0.05, 0) is 31.0 Å². The number of rotatable bonds is 4. The van der Waals surface area contributed by atoms with Gasteiger partial charge in [0.1, 0.15) is 11.2 Å². The third kappa shape index (κ3) is 4.02. The molecule has 1 aromatic carbocycles. The van der Waals surface area contributed by atoms with E-state index in [0.717, 1.165) is 28.2 Å². The molecule has 6 aromatic rings. The number of hydrogen-bond donors (Lipinski definition) is 2. The number of pyridine rings is 1. The predicted octanol–water partition coefficient (Wildman–Crippen LogP) is 3.25. The van der Waals surface area contributed by atoms with Crippen molar-refractivity contribution in [3.05, 3.63) is 102 Å². The molecule has 10 nitrogen and oxygen atoms in total. The monoisotopic (exact) mass is 501 g/mol. The summed E-state index contributed by atoms with van der Waals surface area (Å²) in [5.41, 5.74) is 11.5. The highest BCUT2D eigenvalue weighted by atomic mass is 16.1. The molecule has 1 amide bonds. The van der Waals surface area contributed by atoms with Crippen molar-refractivity contribution in [2.24, 2.45) is 7.05 Å². The fourth-order valence-electron chi connectivity index (χ4n) is 4.46. The number of nitrogen functional groups attached to an aromatic ring is 1. The molecule has 0 aliphatic rings. The van der Waals surface area contributed by atoms with Crippen molar-refractivity contribution in [1.82, 2.24) is 39.1 Å². The van der Waals surface area contributed by atoms with Gasteiger partial charge in [0.05, 0.1) is 34.9 Å². The first-order valence-corrected chi connectivity index (χ1v) is 12.0. The minimum Gasteiger partial charge on any atom is -0.381 e. The maximum absolute atomic E-state index is 13.4. The molecule has 0 saturated heterocycles. The maximum Gasteiger partial charge on any atom is 0.259 e. The topological polar surface area (TPSA) is 120 Å². The lowest BCUT2D eigenvalue weighted by Gasteiger charge is -2.14. The zero-order chi connectivity index (χ0) is 26.2. The molecule has 3 N–H and O–H groups in total. The number of imidazole rings is 1. The van der Waals surface area contributed by atoms with E-state index >= 15 is 0 Å². The van der Waals surface area contributed by atoms with Crippen LogP contribution in [0, 0.1) is 11.8 Å². The van der Waals surface area contributed by atoms with Crippen LogP contribution in [0.2, 0.25) is 0 Å². The third-order valence-electron chi connectivity index (χ3n) is 6.16. The quantitative estimate of drug-likeness (QED) is 0.358. The van der Waals surface area contributed by atoms with Gasteiger partial charge in [-0.25, -0.2) is 14.5 Å². The van der Waals surface area contributed by atoms with Crippen LogP contribution in [0.25, 0.3) is 22.6 Å². The van der Waals surface area contributed by atoms with E-state index in [9.17, 15) is 4.79 Å². The number of carbonyl (C=O) groups is 1. The smallest absolute Gasteiger partial charge is 0.259 e. The number of aromatic nitrogens is 7. The van der Waals surface area contributed by atoms with Crippen LogP contribution in [0.1, 0.15) is 40.3 Å². The summed E-state index contributed by atoms with van der Waals surface area (Å²) in [6.45, 7) is 1.89. The molecule has 0 spiro atoms. The van der Waals surface area contributed by atoms with Gasteiger partial charge < -0.3 is 11.1 Å². The number of amides is 1. The predicted molar refractivity (Wildman–Crippen MR) is 143 cm³/mol. The van der Waals surface area contributed by atoms with Crippen LogP contribution in [0.15, 0.2) is 79.4 Å². The SMILES string of the molecule is CC(NC(=O)c1c(N)nn2cccnc12)c1nc2cccc(C#Cc3cnn(C)c3)n2c1-c1ccccc1. The van der Waals surface area contributed by atoms with Crippen molar-refractivity contribution in [1.29, 1.82) is 0 Å². The molecule has 1 unspecified atom stereocenters. The number of fused-ring (bicyclic) bond motifs is 2. The Morgan fingerprint density at radius 1 is 1.08 bits per heavy atom. The molecular weight excluding hydrogens is 478 g/mol. The molecule has 0 aliphatic heterocycles. The van der Waals surface area contributed by atoms with Gasteiger partial charge in [0.2, 0.25) is 0 Å². The minimum absolute atomic E-state index is 0.111. The maximum atomic E-state index is 13.4. The summed E-state index contributed by atoms with van der Waals surface area (Å²) < 4.78 is 5.22. The number of hydrogen-bond acceptors (Lipinski definition) is 6. The van der Waals surface area contributed by atoms with Gasteiger partial charge in [0.15, 0.2) is 11.5 Å². The number of aryl methyl sites for hydroxylation is 1. The Balaban J connectivity index is 1.45. The second kappa shape index (κ2) is 9.22. The molecule has 0 fully saturated rings. The molecule has 0 radical (unpaired) electrons. The van der Waals surface area contributed by atoms with Crippen LogP contribution in [0.5, 0.6) is 0 Å². The molecule has 0 bridgehead atoms. The number of nitrogens with zero attached hydrogens (tertiary/aromatic N) is 7. The lowest BCUT2D eigenvalue weighted by atomic mass is 10.1.